The van der Waals surface area contributed by atoms with Crippen molar-refractivity contribution in [3.05, 3.63) is 64.6 Å². The van der Waals surface area contributed by atoms with Crippen molar-refractivity contribution in [2.24, 2.45) is 0 Å². The Morgan fingerprint density at radius 1 is 1.24 bits per heavy atom. The van der Waals surface area contributed by atoms with Gasteiger partial charge in [-0.2, -0.15) is 0 Å². The zero-order valence-electron chi connectivity index (χ0n) is 10.6. The maximum Gasteiger partial charge on any atom is 0.372 e. The molecular weight excluding hydrogens is 274 g/mol. The molecule has 0 aliphatic rings. The lowest BCUT2D eigenvalue weighted by Gasteiger charge is -1.99. The van der Waals surface area contributed by atoms with Crippen molar-refractivity contribution in [2.75, 3.05) is 0 Å². The topological polar surface area (TPSA) is 97.7 Å². The molecule has 0 bridgehead atoms. The van der Waals surface area contributed by atoms with Crippen molar-refractivity contribution in [1.29, 1.82) is 0 Å². The number of carbonyl (C=O) groups is 1. The van der Waals surface area contributed by atoms with Gasteiger partial charge in [0.2, 0.25) is 5.82 Å². The SMILES string of the molecule is O=C(O)c1nc(-c2cccc([N+](=O)[O-])c2)c2ccccn12. The van der Waals surface area contributed by atoms with E-state index in [2.05, 4.69) is 4.98 Å². The number of fused-ring (bicyclic) bond motifs is 1. The number of pyridine rings is 1. The molecule has 0 aliphatic heterocycles. The van der Waals surface area contributed by atoms with Gasteiger partial charge in [0.15, 0.2) is 0 Å². The van der Waals surface area contributed by atoms with E-state index in [-0.39, 0.29) is 11.5 Å². The minimum absolute atomic E-state index is 0.0681. The number of hydrogen-bond donors (Lipinski definition) is 1. The molecule has 1 aromatic carbocycles. The van der Waals surface area contributed by atoms with E-state index in [0.717, 1.165) is 0 Å². The highest BCUT2D eigenvalue weighted by Gasteiger charge is 2.18. The van der Waals surface area contributed by atoms with Crippen LogP contribution in [-0.4, -0.2) is 25.4 Å². The molecule has 0 radical (unpaired) electrons. The lowest BCUT2D eigenvalue weighted by Crippen LogP contribution is -2.02. The Hall–Kier alpha value is -3.22. The highest BCUT2D eigenvalue weighted by Crippen LogP contribution is 2.27. The van der Waals surface area contributed by atoms with Crippen LogP contribution in [0.3, 0.4) is 0 Å². The van der Waals surface area contributed by atoms with E-state index >= 15 is 0 Å². The number of aromatic carboxylic acids is 1. The summed E-state index contributed by atoms with van der Waals surface area (Å²) in [4.78, 5) is 25.7. The van der Waals surface area contributed by atoms with E-state index in [4.69, 9.17) is 0 Å². The smallest absolute Gasteiger partial charge is 0.372 e. The molecule has 0 saturated carbocycles. The summed E-state index contributed by atoms with van der Waals surface area (Å²) >= 11 is 0. The molecule has 3 aromatic rings. The fourth-order valence-electron chi connectivity index (χ4n) is 2.17. The van der Waals surface area contributed by atoms with Crippen LogP contribution in [-0.2, 0) is 0 Å². The van der Waals surface area contributed by atoms with Crippen molar-refractivity contribution < 1.29 is 14.8 Å². The summed E-state index contributed by atoms with van der Waals surface area (Å²) in [5.74, 6) is -1.29. The molecular formula is C14H9N3O4. The first-order chi connectivity index (χ1) is 10.1. The molecule has 0 unspecified atom stereocenters. The van der Waals surface area contributed by atoms with Crippen LogP contribution in [0.5, 0.6) is 0 Å². The van der Waals surface area contributed by atoms with E-state index in [1.54, 1.807) is 36.5 Å². The molecule has 0 fully saturated rings. The fourth-order valence-corrected chi connectivity index (χ4v) is 2.17. The predicted molar refractivity (Wildman–Crippen MR) is 74.2 cm³/mol. The molecule has 7 heteroatoms. The van der Waals surface area contributed by atoms with Gasteiger partial charge < -0.3 is 5.11 Å². The number of nitro groups is 1. The van der Waals surface area contributed by atoms with Crippen molar-refractivity contribution in [3.63, 3.8) is 0 Å². The maximum atomic E-state index is 11.2. The Balaban J connectivity index is 2.28. The number of aromatic nitrogens is 2. The van der Waals surface area contributed by atoms with Crippen LogP contribution in [0.2, 0.25) is 0 Å². The number of rotatable bonds is 3. The number of nitro benzene ring substituents is 1. The summed E-state index contributed by atoms with van der Waals surface area (Å²) in [5.41, 5.74) is 1.41. The third-order valence-corrected chi connectivity index (χ3v) is 3.07. The Morgan fingerprint density at radius 2 is 2.05 bits per heavy atom. The molecule has 104 valence electrons. The normalized spacial score (nSPS) is 10.7. The third kappa shape index (κ3) is 2.10. The first-order valence-electron chi connectivity index (χ1n) is 6.03. The average molecular weight is 283 g/mol. The summed E-state index contributed by atoms with van der Waals surface area (Å²) in [6.07, 6.45) is 1.59. The zero-order valence-corrected chi connectivity index (χ0v) is 10.6. The Bertz CT molecular complexity index is 870. The van der Waals surface area contributed by atoms with E-state index in [9.17, 15) is 20.0 Å². The van der Waals surface area contributed by atoms with Crippen molar-refractivity contribution >= 4 is 17.2 Å². The fraction of sp³-hybridized carbons (Fsp3) is 0. The summed E-state index contributed by atoms with van der Waals surface area (Å²) in [7, 11) is 0. The van der Waals surface area contributed by atoms with Gasteiger partial charge >= 0.3 is 5.97 Å². The zero-order chi connectivity index (χ0) is 15.0. The monoisotopic (exact) mass is 283 g/mol. The van der Waals surface area contributed by atoms with E-state index in [1.807, 2.05) is 0 Å². The van der Waals surface area contributed by atoms with Gasteiger partial charge in [0.1, 0.15) is 0 Å². The lowest BCUT2D eigenvalue weighted by molar-refractivity contribution is -0.384. The minimum Gasteiger partial charge on any atom is -0.475 e. The highest BCUT2D eigenvalue weighted by molar-refractivity contribution is 5.89. The Morgan fingerprint density at radius 3 is 2.76 bits per heavy atom. The second-order valence-corrected chi connectivity index (χ2v) is 4.35. The van der Waals surface area contributed by atoms with Crippen molar-refractivity contribution in [2.45, 2.75) is 0 Å². The molecule has 0 aliphatic carbocycles. The highest BCUT2D eigenvalue weighted by atomic mass is 16.6. The molecule has 0 amide bonds. The number of nitrogens with zero attached hydrogens (tertiary/aromatic N) is 3. The second-order valence-electron chi connectivity index (χ2n) is 4.35. The van der Waals surface area contributed by atoms with Crippen LogP contribution in [0.4, 0.5) is 5.69 Å². The van der Waals surface area contributed by atoms with Crippen LogP contribution < -0.4 is 0 Å². The van der Waals surface area contributed by atoms with Gasteiger partial charge in [0, 0.05) is 23.9 Å². The quantitative estimate of drug-likeness (QED) is 0.588. The van der Waals surface area contributed by atoms with Gasteiger partial charge in [-0.05, 0) is 12.1 Å². The van der Waals surface area contributed by atoms with Crippen LogP contribution >= 0.6 is 0 Å². The van der Waals surface area contributed by atoms with E-state index in [0.29, 0.717) is 16.8 Å². The second kappa shape index (κ2) is 4.71. The van der Waals surface area contributed by atoms with Gasteiger partial charge in [0.25, 0.3) is 5.69 Å². The number of non-ortho nitro benzene ring substituents is 1. The molecule has 2 aromatic heterocycles. The van der Waals surface area contributed by atoms with E-state index < -0.39 is 10.9 Å². The van der Waals surface area contributed by atoms with E-state index in [1.165, 1.54) is 16.5 Å². The molecule has 7 nitrogen and oxygen atoms in total. The summed E-state index contributed by atoms with van der Waals surface area (Å²) in [6.45, 7) is 0. The molecule has 0 saturated heterocycles. The molecule has 21 heavy (non-hydrogen) atoms. The predicted octanol–water partition coefficient (Wildman–Crippen LogP) is 2.61. The van der Waals surface area contributed by atoms with Gasteiger partial charge in [0.05, 0.1) is 16.1 Å². The van der Waals surface area contributed by atoms with Gasteiger partial charge in [-0.15, -0.1) is 0 Å². The summed E-state index contributed by atoms with van der Waals surface area (Å²) in [6, 6.07) is 11.1. The van der Waals surface area contributed by atoms with Gasteiger partial charge in [-0.3, -0.25) is 14.5 Å². The number of benzene rings is 1. The van der Waals surface area contributed by atoms with Crippen LogP contribution in [0, 0.1) is 10.1 Å². The van der Waals surface area contributed by atoms with Crippen LogP contribution in [0.1, 0.15) is 10.6 Å². The van der Waals surface area contributed by atoms with Gasteiger partial charge in [-0.25, -0.2) is 9.78 Å². The largest absolute Gasteiger partial charge is 0.475 e. The molecule has 2 heterocycles. The van der Waals surface area contributed by atoms with Crippen molar-refractivity contribution in [3.8, 4) is 11.3 Å². The Kier molecular flexibility index (Phi) is 2.87. The minimum atomic E-state index is -1.16. The first-order valence-corrected chi connectivity index (χ1v) is 6.03. The number of hydrogen-bond acceptors (Lipinski definition) is 4. The summed E-state index contributed by atoms with van der Waals surface area (Å²) in [5, 5.41) is 20.0. The molecule has 0 atom stereocenters. The third-order valence-electron chi connectivity index (χ3n) is 3.07. The molecule has 0 spiro atoms. The average Bonchev–Trinajstić information content (AvgIpc) is 2.87. The number of imidazole rings is 1. The standard InChI is InChI=1S/C14H9N3O4/c18-14(19)13-15-12(11-6-1-2-7-16(11)13)9-4-3-5-10(8-9)17(20)21/h1-8H,(H,18,19). The number of carboxylic acids is 1. The lowest BCUT2D eigenvalue weighted by atomic mass is 10.1. The van der Waals surface area contributed by atoms with Crippen molar-refractivity contribution in [1.82, 2.24) is 9.38 Å². The Labute approximate surface area is 118 Å². The number of carboxylic acid groups (broad SMARTS) is 1. The molecule has 1 N–H and O–H groups in total. The van der Waals surface area contributed by atoms with Crippen LogP contribution in [0.25, 0.3) is 16.8 Å². The van der Waals surface area contributed by atoms with Crippen LogP contribution in [0.15, 0.2) is 48.7 Å². The first kappa shape index (κ1) is 12.8. The summed E-state index contributed by atoms with van der Waals surface area (Å²) < 4.78 is 1.44. The molecule has 3 rings (SSSR count). The maximum absolute atomic E-state index is 11.2. The van der Waals surface area contributed by atoms with Gasteiger partial charge in [-0.1, -0.05) is 18.2 Å².